The Morgan fingerprint density at radius 3 is 2.67 bits per heavy atom. The lowest BCUT2D eigenvalue weighted by Crippen LogP contribution is -2.23. The molecule has 21 heavy (non-hydrogen) atoms. The number of benzene rings is 1. The van der Waals surface area contributed by atoms with Crippen LogP contribution in [0.3, 0.4) is 0 Å². The Hall–Kier alpha value is -2.45. The summed E-state index contributed by atoms with van der Waals surface area (Å²) in [5, 5.41) is 18.0. The van der Waals surface area contributed by atoms with Gasteiger partial charge in [-0.05, 0) is 42.5 Å². The van der Waals surface area contributed by atoms with Crippen molar-refractivity contribution in [3.8, 4) is 0 Å². The molecule has 0 aliphatic heterocycles. The van der Waals surface area contributed by atoms with Gasteiger partial charge in [-0.2, -0.15) is 5.10 Å². The van der Waals surface area contributed by atoms with E-state index in [4.69, 9.17) is 28.2 Å². The predicted molar refractivity (Wildman–Crippen MR) is 83.8 cm³/mol. The van der Waals surface area contributed by atoms with Crippen LogP contribution in [0, 0.1) is 10.1 Å². The van der Waals surface area contributed by atoms with Gasteiger partial charge in [0.25, 0.3) is 0 Å². The van der Waals surface area contributed by atoms with Crippen molar-refractivity contribution in [2.45, 2.75) is 0 Å². The first-order chi connectivity index (χ1) is 10.0. The van der Waals surface area contributed by atoms with Crippen molar-refractivity contribution in [3.63, 3.8) is 0 Å². The predicted octanol–water partition coefficient (Wildman–Crippen LogP) is 3.16. The number of nitrogens with zero attached hydrogens (tertiary/aromatic N) is 2. The molecule has 9 heteroatoms. The highest BCUT2D eigenvalue weighted by Gasteiger charge is 2.10. The number of hydrazone groups is 1. The number of anilines is 1. The van der Waals surface area contributed by atoms with Crippen LogP contribution in [-0.4, -0.2) is 16.3 Å². The van der Waals surface area contributed by atoms with Crippen LogP contribution in [-0.2, 0) is 0 Å². The fourth-order valence-electron chi connectivity index (χ4n) is 1.36. The van der Waals surface area contributed by atoms with Gasteiger partial charge >= 0.3 is 5.88 Å². The second kappa shape index (κ2) is 6.82. The lowest BCUT2D eigenvalue weighted by Gasteiger charge is -2.06. The molecule has 0 bridgehead atoms. The summed E-state index contributed by atoms with van der Waals surface area (Å²) >= 11 is 10.8. The third kappa shape index (κ3) is 4.55. The van der Waals surface area contributed by atoms with E-state index in [2.05, 4.69) is 15.8 Å². The molecule has 0 fully saturated rings. The van der Waals surface area contributed by atoms with Crippen LogP contribution in [0.2, 0.25) is 5.02 Å². The summed E-state index contributed by atoms with van der Waals surface area (Å²) in [5.74, 6) is -0.109. The largest absolute Gasteiger partial charge is 0.433 e. The van der Waals surface area contributed by atoms with Crippen LogP contribution in [0.15, 0.2) is 45.9 Å². The molecule has 0 atom stereocenters. The standard InChI is InChI=1S/C12H9ClN4O3S/c13-8-1-3-9(4-2-8)15-12(21)16-14-7-10-5-6-11(20-10)17(18)19/h1-7H,(H2,15,16,21)/b14-7+. The average molecular weight is 325 g/mol. The molecule has 1 aromatic carbocycles. The molecule has 0 unspecified atom stereocenters. The second-order valence-corrected chi connectivity index (χ2v) is 4.61. The van der Waals surface area contributed by atoms with Gasteiger partial charge in [0.1, 0.15) is 4.92 Å². The summed E-state index contributed by atoms with van der Waals surface area (Å²) < 4.78 is 4.89. The van der Waals surface area contributed by atoms with Gasteiger partial charge in [0.15, 0.2) is 10.9 Å². The Morgan fingerprint density at radius 2 is 2.05 bits per heavy atom. The summed E-state index contributed by atoms with van der Waals surface area (Å²) in [4.78, 5) is 9.81. The van der Waals surface area contributed by atoms with Crippen LogP contribution >= 0.6 is 23.8 Å². The van der Waals surface area contributed by atoms with Gasteiger partial charge in [0.05, 0.1) is 12.3 Å². The van der Waals surface area contributed by atoms with Gasteiger partial charge in [-0.1, -0.05) is 11.6 Å². The summed E-state index contributed by atoms with van der Waals surface area (Å²) in [7, 11) is 0. The van der Waals surface area contributed by atoms with Crippen LogP contribution in [0.1, 0.15) is 5.76 Å². The number of nitro groups is 1. The highest BCUT2D eigenvalue weighted by atomic mass is 35.5. The highest BCUT2D eigenvalue weighted by Crippen LogP contribution is 2.14. The molecule has 7 nitrogen and oxygen atoms in total. The van der Waals surface area contributed by atoms with E-state index in [1.54, 1.807) is 24.3 Å². The second-order valence-electron chi connectivity index (χ2n) is 3.76. The fourth-order valence-corrected chi connectivity index (χ4v) is 1.65. The van der Waals surface area contributed by atoms with E-state index in [1.165, 1.54) is 18.3 Å². The molecule has 0 aliphatic carbocycles. The zero-order chi connectivity index (χ0) is 15.2. The number of halogens is 1. The summed E-state index contributed by atoms with van der Waals surface area (Å²) in [6, 6.07) is 9.63. The van der Waals surface area contributed by atoms with Crippen molar-refractivity contribution >= 4 is 46.7 Å². The maximum Gasteiger partial charge on any atom is 0.433 e. The molecule has 1 aromatic heterocycles. The fraction of sp³-hybridized carbons (Fsp3) is 0. The lowest BCUT2D eigenvalue weighted by atomic mass is 10.3. The molecular weight excluding hydrogens is 316 g/mol. The Morgan fingerprint density at radius 1 is 1.33 bits per heavy atom. The van der Waals surface area contributed by atoms with Crippen molar-refractivity contribution < 1.29 is 9.34 Å². The number of hydrogen-bond donors (Lipinski definition) is 2. The van der Waals surface area contributed by atoms with E-state index in [0.29, 0.717) is 5.02 Å². The minimum atomic E-state index is -0.627. The first-order valence-corrected chi connectivity index (χ1v) is 6.43. The number of rotatable bonds is 4. The quantitative estimate of drug-likeness (QED) is 0.388. The van der Waals surface area contributed by atoms with Gasteiger partial charge in [-0.3, -0.25) is 15.5 Å². The lowest BCUT2D eigenvalue weighted by molar-refractivity contribution is -0.402. The molecule has 0 saturated carbocycles. The average Bonchev–Trinajstić information content (AvgIpc) is 2.90. The molecule has 0 radical (unpaired) electrons. The number of hydrogen-bond acceptors (Lipinski definition) is 5. The van der Waals surface area contributed by atoms with Crippen molar-refractivity contribution in [2.24, 2.45) is 5.10 Å². The molecule has 0 aliphatic rings. The number of nitrogens with one attached hydrogen (secondary N) is 2. The molecule has 0 spiro atoms. The van der Waals surface area contributed by atoms with Crippen LogP contribution in [0.5, 0.6) is 0 Å². The molecule has 2 aromatic rings. The van der Waals surface area contributed by atoms with Crippen molar-refractivity contribution in [2.75, 3.05) is 5.32 Å². The van der Waals surface area contributed by atoms with E-state index in [-0.39, 0.29) is 16.8 Å². The van der Waals surface area contributed by atoms with Gasteiger partial charge in [-0.15, -0.1) is 0 Å². The Labute approximate surface area is 129 Å². The number of thiocarbonyl (C=S) groups is 1. The Kier molecular flexibility index (Phi) is 4.85. The maximum atomic E-state index is 10.4. The monoisotopic (exact) mass is 324 g/mol. The minimum absolute atomic E-state index is 0.239. The van der Waals surface area contributed by atoms with Crippen molar-refractivity contribution in [1.29, 1.82) is 0 Å². The number of furan rings is 1. The molecule has 1 heterocycles. The third-order valence-electron chi connectivity index (χ3n) is 2.25. The molecule has 2 N–H and O–H groups in total. The zero-order valence-corrected chi connectivity index (χ0v) is 12.0. The van der Waals surface area contributed by atoms with Crippen molar-refractivity contribution in [3.05, 3.63) is 57.3 Å². The normalized spacial score (nSPS) is 10.5. The van der Waals surface area contributed by atoms with E-state index < -0.39 is 4.92 Å². The van der Waals surface area contributed by atoms with E-state index >= 15 is 0 Å². The maximum absolute atomic E-state index is 10.4. The van der Waals surface area contributed by atoms with Gasteiger partial charge < -0.3 is 9.73 Å². The van der Waals surface area contributed by atoms with Gasteiger partial charge in [0.2, 0.25) is 0 Å². The highest BCUT2D eigenvalue weighted by molar-refractivity contribution is 7.80. The smallest absolute Gasteiger partial charge is 0.400 e. The SMILES string of the molecule is O=[N+]([O-])c1ccc(/C=N/NC(=S)Nc2ccc(Cl)cc2)o1. The van der Waals surface area contributed by atoms with E-state index in [1.807, 2.05) is 0 Å². The Bertz CT molecular complexity index is 684. The zero-order valence-electron chi connectivity index (χ0n) is 10.4. The summed E-state index contributed by atoms with van der Waals surface area (Å²) in [6.07, 6.45) is 1.28. The van der Waals surface area contributed by atoms with Gasteiger partial charge in [-0.25, -0.2) is 0 Å². The van der Waals surface area contributed by atoms with Crippen LogP contribution < -0.4 is 10.7 Å². The van der Waals surface area contributed by atoms with Gasteiger partial charge in [0, 0.05) is 10.7 Å². The third-order valence-corrected chi connectivity index (χ3v) is 2.70. The van der Waals surface area contributed by atoms with Crippen LogP contribution in [0.25, 0.3) is 0 Å². The van der Waals surface area contributed by atoms with E-state index in [0.717, 1.165) is 5.69 Å². The molecule has 0 saturated heterocycles. The molecular formula is C12H9ClN4O3S. The molecule has 0 amide bonds. The van der Waals surface area contributed by atoms with Crippen molar-refractivity contribution in [1.82, 2.24) is 5.43 Å². The molecule has 2 rings (SSSR count). The summed E-state index contributed by atoms with van der Waals surface area (Å²) in [5.41, 5.74) is 3.31. The minimum Gasteiger partial charge on any atom is -0.400 e. The molecule has 108 valence electrons. The van der Waals surface area contributed by atoms with Crippen LogP contribution in [0.4, 0.5) is 11.6 Å². The first-order valence-electron chi connectivity index (χ1n) is 5.64. The van der Waals surface area contributed by atoms with E-state index in [9.17, 15) is 10.1 Å². The first kappa shape index (κ1) is 14.9. The summed E-state index contributed by atoms with van der Waals surface area (Å²) in [6.45, 7) is 0. The Balaban J connectivity index is 1.86. The topological polar surface area (TPSA) is 92.7 Å².